The van der Waals surface area contributed by atoms with E-state index in [4.69, 9.17) is 8.92 Å². The number of hydrogen-bond donors (Lipinski definition) is 1. The summed E-state index contributed by atoms with van der Waals surface area (Å²) in [6, 6.07) is 25.4. The van der Waals surface area contributed by atoms with Crippen molar-refractivity contribution in [1.29, 1.82) is 0 Å². The minimum atomic E-state index is -3.59. The van der Waals surface area contributed by atoms with Crippen LogP contribution in [0.15, 0.2) is 84.9 Å². The van der Waals surface area contributed by atoms with Gasteiger partial charge < -0.3 is 14.2 Å². The van der Waals surface area contributed by atoms with Crippen LogP contribution in [0.1, 0.15) is 16.7 Å². The van der Waals surface area contributed by atoms with E-state index < -0.39 is 16.2 Å². The number of nitrogens with one attached hydrogen (secondary N) is 1. The molecule has 0 bridgehead atoms. The van der Waals surface area contributed by atoms with Crippen LogP contribution in [0.25, 0.3) is 0 Å². The van der Waals surface area contributed by atoms with Crippen molar-refractivity contribution in [2.24, 2.45) is 0 Å². The molecule has 162 valence electrons. The predicted octanol–water partition coefficient (Wildman–Crippen LogP) is 3.47. The average Bonchev–Trinajstić information content (AvgIpc) is 2.76. The second-order valence-corrected chi connectivity index (χ2v) is 8.72. The van der Waals surface area contributed by atoms with Crippen LogP contribution in [0.3, 0.4) is 0 Å². The largest absolute Gasteiger partial charge is 0.460 e. The number of hydrogen-bond acceptors (Lipinski definition) is 6. The van der Waals surface area contributed by atoms with Gasteiger partial charge in [0.15, 0.2) is 0 Å². The second kappa shape index (κ2) is 10.7. The molecule has 0 heterocycles. The lowest BCUT2D eigenvalue weighted by Gasteiger charge is -2.18. The molecule has 0 saturated heterocycles. The Labute approximate surface area is 183 Å². The van der Waals surface area contributed by atoms with Gasteiger partial charge >= 0.3 is 16.1 Å². The van der Waals surface area contributed by atoms with Crippen molar-refractivity contribution in [2.75, 3.05) is 6.26 Å². The smallest absolute Gasteiger partial charge is 0.323 e. The summed E-state index contributed by atoms with van der Waals surface area (Å²) in [4.78, 5) is 12.8. The molecule has 0 radical (unpaired) electrons. The van der Waals surface area contributed by atoms with Gasteiger partial charge in [-0.2, -0.15) is 8.42 Å². The van der Waals surface area contributed by atoms with Crippen LogP contribution >= 0.6 is 0 Å². The summed E-state index contributed by atoms with van der Waals surface area (Å²) in [5.41, 5.74) is 2.82. The molecule has 31 heavy (non-hydrogen) atoms. The Morgan fingerprint density at radius 1 is 0.839 bits per heavy atom. The zero-order chi connectivity index (χ0) is 22.1. The van der Waals surface area contributed by atoms with E-state index in [-0.39, 0.29) is 18.3 Å². The fraction of sp³-hybridized carbons (Fsp3) is 0.208. The van der Waals surface area contributed by atoms with E-state index in [1.165, 1.54) is 0 Å². The monoisotopic (exact) mass is 439 g/mol. The molecule has 6 nitrogen and oxygen atoms in total. The van der Waals surface area contributed by atoms with Crippen LogP contribution < -0.4 is 9.50 Å². The van der Waals surface area contributed by atoms with Crippen molar-refractivity contribution < 1.29 is 22.1 Å². The van der Waals surface area contributed by atoms with Crippen molar-refractivity contribution in [3.8, 4) is 5.75 Å². The van der Waals surface area contributed by atoms with Gasteiger partial charge in [0.25, 0.3) is 0 Å². The molecule has 3 rings (SSSR count). The highest BCUT2D eigenvalue weighted by atomic mass is 32.2. The highest BCUT2D eigenvalue weighted by molar-refractivity contribution is 7.86. The molecule has 3 aromatic carbocycles. The first-order chi connectivity index (χ1) is 14.9. The zero-order valence-corrected chi connectivity index (χ0v) is 18.0. The van der Waals surface area contributed by atoms with Crippen molar-refractivity contribution >= 4 is 16.1 Å². The average molecular weight is 440 g/mol. The number of carbonyl (C=O) groups excluding carboxylic acids is 1. The molecular formula is C24H25NO5S. The van der Waals surface area contributed by atoms with E-state index in [0.29, 0.717) is 13.0 Å². The van der Waals surface area contributed by atoms with Crippen LogP contribution in [-0.4, -0.2) is 26.7 Å². The summed E-state index contributed by atoms with van der Waals surface area (Å²) in [5, 5.41) is 3.27. The molecule has 0 aliphatic rings. The van der Waals surface area contributed by atoms with E-state index in [1.54, 1.807) is 24.3 Å². The summed E-state index contributed by atoms with van der Waals surface area (Å²) in [7, 11) is -3.59. The lowest BCUT2D eigenvalue weighted by Crippen LogP contribution is -2.39. The van der Waals surface area contributed by atoms with Gasteiger partial charge in [0.1, 0.15) is 18.4 Å². The van der Waals surface area contributed by atoms with Crippen LogP contribution in [0, 0.1) is 0 Å². The molecule has 0 saturated carbocycles. The first-order valence-corrected chi connectivity index (χ1v) is 11.7. The Morgan fingerprint density at radius 3 is 2.00 bits per heavy atom. The van der Waals surface area contributed by atoms with Gasteiger partial charge in [-0.3, -0.25) is 4.79 Å². The van der Waals surface area contributed by atoms with Crippen molar-refractivity contribution in [2.45, 2.75) is 25.6 Å². The molecule has 0 spiro atoms. The molecule has 0 aromatic heterocycles. The van der Waals surface area contributed by atoms with E-state index in [1.807, 2.05) is 60.7 Å². The standard InChI is InChI=1S/C24H25NO5S/c1-31(27,28)30-22-14-12-19(13-15-22)16-23(25-17-20-8-4-2-5-9-20)24(26)29-18-21-10-6-3-7-11-21/h2-15,23,25H,16-18H2,1H3/t23-/m0/s1. The first-order valence-electron chi connectivity index (χ1n) is 9.85. The molecule has 0 aliphatic heterocycles. The van der Waals surface area contributed by atoms with Crippen LogP contribution in [0.4, 0.5) is 0 Å². The van der Waals surface area contributed by atoms with Gasteiger partial charge in [-0.05, 0) is 35.2 Å². The van der Waals surface area contributed by atoms with Gasteiger partial charge in [-0.1, -0.05) is 72.8 Å². The molecular weight excluding hydrogens is 414 g/mol. The summed E-state index contributed by atoms with van der Waals surface area (Å²) in [6.45, 7) is 0.714. The number of benzene rings is 3. The van der Waals surface area contributed by atoms with E-state index in [9.17, 15) is 13.2 Å². The number of rotatable bonds is 10. The minimum absolute atomic E-state index is 0.199. The Hall–Kier alpha value is -3.16. The van der Waals surface area contributed by atoms with Crippen LogP contribution in [-0.2, 0) is 39.2 Å². The summed E-state index contributed by atoms with van der Waals surface area (Å²) < 4.78 is 32.9. The topological polar surface area (TPSA) is 81.7 Å². The van der Waals surface area contributed by atoms with E-state index in [2.05, 4.69) is 5.32 Å². The van der Waals surface area contributed by atoms with Crippen molar-refractivity contribution in [3.05, 3.63) is 102 Å². The Bertz CT molecular complexity index is 1070. The summed E-state index contributed by atoms with van der Waals surface area (Å²) in [6.07, 6.45) is 1.38. The molecule has 3 aromatic rings. The molecule has 0 amide bonds. The normalized spacial score (nSPS) is 12.2. The van der Waals surface area contributed by atoms with Gasteiger partial charge in [-0.15, -0.1) is 0 Å². The van der Waals surface area contributed by atoms with Gasteiger partial charge in [0.2, 0.25) is 0 Å². The fourth-order valence-electron chi connectivity index (χ4n) is 3.00. The third kappa shape index (κ3) is 7.88. The van der Waals surface area contributed by atoms with Gasteiger partial charge in [-0.25, -0.2) is 0 Å². The Balaban J connectivity index is 1.67. The molecule has 1 N–H and O–H groups in total. The third-order valence-electron chi connectivity index (χ3n) is 4.51. The molecule has 1 atom stereocenters. The lowest BCUT2D eigenvalue weighted by atomic mass is 10.1. The van der Waals surface area contributed by atoms with Crippen LogP contribution in [0.5, 0.6) is 5.75 Å². The van der Waals surface area contributed by atoms with Gasteiger partial charge in [0, 0.05) is 6.54 Å². The zero-order valence-electron chi connectivity index (χ0n) is 17.2. The number of ether oxygens (including phenoxy) is 1. The van der Waals surface area contributed by atoms with E-state index >= 15 is 0 Å². The van der Waals surface area contributed by atoms with Crippen LogP contribution in [0.2, 0.25) is 0 Å². The molecule has 7 heteroatoms. The molecule has 0 aliphatic carbocycles. The lowest BCUT2D eigenvalue weighted by molar-refractivity contribution is -0.147. The SMILES string of the molecule is CS(=O)(=O)Oc1ccc(C[C@H](NCc2ccccc2)C(=O)OCc2ccccc2)cc1. The minimum Gasteiger partial charge on any atom is -0.460 e. The second-order valence-electron chi connectivity index (χ2n) is 7.15. The predicted molar refractivity (Wildman–Crippen MR) is 119 cm³/mol. The third-order valence-corrected chi connectivity index (χ3v) is 5.01. The highest BCUT2D eigenvalue weighted by Gasteiger charge is 2.20. The molecule has 0 unspecified atom stereocenters. The maximum atomic E-state index is 12.8. The number of esters is 1. The maximum absolute atomic E-state index is 12.8. The Morgan fingerprint density at radius 2 is 1.42 bits per heavy atom. The first kappa shape index (κ1) is 22.5. The van der Waals surface area contributed by atoms with Gasteiger partial charge in [0.05, 0.1) is 6.26 Å². The Kier molecular flexibility index (Phi) is 7.81. The quantitative estimate of drug-likeness (QED) is 0.385. The van der Waals surface area contributed by atoms with Crippen molar-refractivity contribution in [1.82, 2.24) is 5.32 Å². The van der Waals surface area contributed by atoms with E-state index in [0.717, 1.165) is 22.9 Å². The highest BCUT2D eigenvalue weighted by Crippen LogP contribution is 2.16. The summed E-state index contributed by atoms with van der Waals surface area (Å²) >= 11 is 0. The maximum Gasteiger partial charge on any atom is 0.323 e. The van der Waals surface area contributed by atoms with Crippen molar-refractivity contribution in [3.63, 3.8) is 0 Å². The summed E-state index contributed by atoms with van der Waals surface area (Å²) in [5.74, 6) is -0.122. The fourth-order valence-corrected chi connectivity index (χ4v) is 3.46. The number of carbonyl (C=O) groups is 1. The molecule has 0 fully saturated rings.